The summed E-state index contributed by atoms with van der Waals surface area (Å²) in [6.45, 7) is 1.47. The minimum atomic E-state index is 0.472. The SMILES string of the molecule is COc1cc(CN)cc(-c2ccc3c(c2)CCN3)c1OC. The third-order valence-electron chi connectivity index (χ3n) is 3.90. The predicted molar refractivity (Wildman–Crippen MR) is 85.1 cm³/mol. The number of benzene rings is 2. The van der Waals surface area contributed by atoms with E-state index in [1.54, 1.807) is 14.2 Å². The molecular formula is C17H20N2O2. The van der Waals surface area contributed by atoms with Gasteiger partial charge in [0.2, 0.25) is 0 Å². The van der Waals surface area contributed by atoms with Crippen LogP contribution in [-0.4, -0.2) is 20.8 Å². The Morgan fingerprint density at radius 2 is 2.00 bits per heavy atom. The monoisotopic (exact) mass is 284 g/mol. The zero-order valence-electron chi connectivity index (χ0n) is 12.4. The van der Waals surface area contributed by atoms with E-state index in [0.717, 1.165) is 35.4 Å². The summed E-state index contributed by atoms with van der Waals surface area (Å²) in [5, 5.41) is 3.38. The van der Waals surface area contributed by atoms with E-state index < -0.39 is 0 Å². The minimum Gasteiger partial charge on any atom is -0.493 e. The van der Waals surface area contributed by atoms with Gasteiger partial charge in [0.25, 0.3) is 0 Å². The second-order valence-corrected chi connectivity index (χ2v) is 5.13. The molecule has 0 radical (unpaired) electrons. The summed E-state index contributed by atoms with van der Waals surface area (Å²) in [6.07, 6.45) is 1.05. The van der Waals surface area contributed by atoms with Crippen molar-refractivity contribution in [3.05, 3.63) is 41.5 Å². The van der Waals surface area contributed by atoms with Crippen LogP contribution in [0.1, 0.15) is 11.1 Å². The molecule has 0 amide bonds. The number of rotatable bonds is 4. The van der Waals surface area contributed by atoms with E-state index in [4.69, 9.17) is 15.2 Å². The summed E-state index contributed by atoms with van der Waals surface area (Å²) in [7, 11) is 3.31. The first kappa shape index (κ1) is 13.8. The average Bonchev–Trinajstić information content (AvgIpc) is 3.00. The van der Waals surface area contributed by atoms with Crippen LogP contribution in [0.2, 0.25) is 0 Å². The molecule has 2 aromatic rings. The van der Waals surface area contributed by atoms with Crippen LogP contribution in [0.5, 0.6) is 11.5 Å². The molecule has 4 heteroatoms. The molecule has 1 aliphatic rings. The van der Waals surface area contributed by atoms with Crippen LogP contribution >= 0.6 is 0 Å². The van der Waals surface area contributed by atoms with Gasteiger partial charge in [0.05, 0.1) is 14.2 Å². The first-order valence-corrected chi connectivity index (χ1v) is 7.09. The molecule has 1 aliphatic heterocycles. The third kappa shape index (κ3) is 2.43. The quantitative estimate of drug-likeness (QED) is 0.906. The van der Waals surface area contributed by atoms with Crippen molar-refractivity contribution in [1.82, 2.24) is 0 Å². The molecule has 0 unspecified atom stereocenters. The second-order valence-electron chi connectivity index (χ2n) is 5.13. The van der Waals surface area contributed by atoms with Crippen molar-refractivity contribution in [3.8, 4) is 22.6 Å². The number of nitrogens with two attached hydrogens (primary N) is 1. The average molecular weight is 284 g/mol. The molecular weight excluding hydrogens is 264 g/mol. The van der Waals surface area contributed by atoms with E-state index in [-0.39, 0.29) is 0 Å². The van der Waals surface area contributed by atoms with Crippen LogP contribution in [0.4, 0.5) is 5.69 Å². The van der Waals surface area contributed by atoms with Crippen LogP contribution in [0.25, 0.3) is 11.1 Å². The topological polar surface area (TPSA) is 56.5 Å². The summed E-state index contributed by atoms with van der Waals surface area (Å²) in [5.41, 5.74) is 11.5. The van der Waals surface area contributed by atoms with E-state index in [1.807, 2.05) is 6.07 Å². The maximum Gasteiger partial charge on any atom is 0.168 e. The van der Waals surface area contributed by atoms with Gasteiger partial charge < -0.3 is 20.5 Å². The fourth-order valence-electron chi connectivity index (χ4n) is 2.83. The molecule has 0 spiro atoms. The lowest BCUT2D eigenvalue weighted by Crippen LogP contribution is -2.00. The molecule has 4 nitrogen and oxygen atoms in total. The maximum absolute atomic E-state index is 5.80. The Morgan fingerprint density at radius 3 is 2.71 bits per heavy atom. The maximum atomic E-state index is 5.80. The number of ether oxygens (including phenoxy) is 2. The summed E-state index contributed by atoms with van der Waals surface area (Å²) in [4.78, 5) is 0. The lowest BCUT2D eigenvalue weighted by molar-refractivity contribution is 0.355. The number of methoxy groups -OCH3 is 2. The van der Waals surface area contributed by atoms with Crippen LogP contribution in [-0.2, 0) is 13.0 Å². The largest absolute Gasteiger partial charge is 0.493 e. The molecule has 1 heterocycles. The van der Waals surface area contributed by atoms with Crippen molar-refractivity contribution in [3.63, 3.8) is 0 Å². The van der Waals surface area contributed by atoms with E-state index in [1.165, 1.54) is 11.3 Å². The first-order valence-electron chi connectivity index (χ1n) is 7.09. The van der Waals surface area contributed by atoms with Gasteiger partial charge in [-0.2, -0.15) is 0 Å². The van der Waals surface area contributed by atoms with Crippen molar-refractivity contribution in [2.45, 2.75) is 13.0 Å². The van der Waals surface area contributed by atoms with E-state index in [0.29, 0.717) is 12.3 Å². The van der Waals surface area contributed by atoms with Gasteiger partial charge in [-0.25, -0.2) is 0 Å². The number of anilines is 1. The smallest absolute Gasteiger partial charge is 0.168 e. The molecule has 0 atom stereocenters. The zero-order valence-corrected chi connectivity index (χ0v) is 12.4. The van der Waals surface area contributed by atoms with Gasteiger partial charge in [-0.05, 0) is 47.4 Å². The van der Waals surface area contributed by atoms with Gasteiger partial charge >= 0.3 is 0 Å². The Bertz CT molecular complexity index is 668. The molecule has 0 saturated carbocycles. The molecule has 110 valence electrons. The molecule has 21 heavy (non-hydrogen) atoms. The molecule has 2 aromatic carbocycles. The standard InChI is InChI=1S/C17H20N2O2/c1-20-16-8-11(10-18)7-14(17(16)21-2)12-3-4-15-13(9-12)5-6-19-15/h3-4,7-9,19H,5-6,10,18H2,1-2H3. The Morgan fingerprint density at radius 1 is 1.14 bits per heavy atom. The van der Waals surface area contributed by atoms with Crippen LogP contribution in [0, 0.1) is 0 Å². The Balaban J connectivity index is 2.16. The van der Waals surface area contributed by atoms with E-state index in [9.17, 15) is 0 Å². The van der Waals surface area contributed by atoms with Gasteiger partial charge in [-0.15, -0.1) is 0 Å². The van der Waals surface area contributed by atoms with Crippen molar-refractivity contribution >= 4 is 5.69 Å². The Labute approximate surface area is 124 Å². The highest BCUT2D eigenvalue weighted by Gasteiger charge is 2.16. The van der Waals surface area contributed by atoms with Gasteiger partial charge in [-0.3, -0.25) is 0 Å². The highest BCUT2D eigenvalue weighted by Crippen LogP contribution is 2.40. The lowest BCUT2D eigenvalue weighted by Gasteiger charge is -2.15. The minimum absolute atomic E-state index is 0.472. The third-order valence-corrected chi connectivity index (χ3v) is 3.90. The number of nitrogens with one attached hydrogen (secondary N) is 1. The molecule has 0 bridgehead atoms. The lowest BCUT2D eigenvalue weighted by atomic mass is 9.98. The summed E-state index contributed by atoms with van der Waals surface area (Å²) < 4.78 is 11.0. The normalized spacial score (nSPS) is 12.7. The Hall–Kier alpha value is -2.20. The summed E-state index contributed by atoms with van der Waals surface area (Å²) in [6, 6.07) is 10.4. The van der Waals surface area contributed by atoms with E-state index >= 15 is 0 Å². The Kier molecular flexibility index (Phi) is 3.71. The van der Waals surface area contributed by atoms with Gasteiger partial charge in [0.15, 0.2) is 11.5 Å². The molecule has 0 saturated heterocycles. The molecule has 3 N–H and O–H groups in total. The van der Waals surface area contributed by atoms with Gasteiger partial charge in [0, 0.05) is 24.3 Å². The molecule has 0 aromatic heterocycles. The van der Waals surface area contributed by atoms with Crippen LogP contribution in [0.15, 0.2) is 30.3 Å². The fourth-order valence-corrected chi connectivity index (χ4v) is 2.83. The summed E-state index contributed by atoms with van der Waals surface area (Å²) >= 11 is 0. The van der Waals surface area contributed by atoms with Crippen LogP contribution in [0.3, 0.4) is 0 Å². The van der Waals surface area contributed by atoms with Crippen molar-refractivity contribution in [2.75, 3.05) is 26.1 Å². The highest BCUT2D eigenvalue weighted by molar-refractivity contribution is 5.77. The van der Waals surface area contributed by atoms with Gasteiger partial charge in [0.1, 0.15) is 0 Å². The van der Waals surface area contributed by atoms with Crippen LogP contribution < -0.4 is 20.5 Å². The van der Waals surface area contributed by atoms with Gasteiger partial charge in [-0.1, -0.05) is 6.07 Å². The zero-order chi connectivity index (χ0) is 14.8. The molecule has 3 rings (SSSR count). The van der Waals surface area contributed by atoms with Crippen molar-refractivity contribution in [1.29, 1.82) is 0 Å². The first-order chi connectivity index (χ1) is 10.3. The van der Waals surface area contributed by atoms with Crippen molar-refractivity contribution < 1.29 is 9.47 Å². The van der Waals surface area contributed by atoms with Crippen molar-refractivity contribution in [2.24, 2.45) is 5.73 Å². The summed E-state index contributed by atoms with van der Waals surface area (Å²) in [5.74, 6) is 1.47. The number of hydrogen-bond acceptors (Lipinski definition) is 4. The van der Waals surface area contributed by atoms with E-state index in [2.05, 4.69) is 29.6 Å². The second kappa shape index (κ2) is 5.66. The number of fused-ring (bicyclic) bond motifs is 1. The fraction of sp³-hybridized carbons (Fsp3) is 0.294. The highest BCUT2D eigenvalue weighted by atomic mass is 16.5. The predicted octanol–water partition coefficient (Wildman–Crippen LogP) is 2.80. The molecule has 0 fully saturated rings. The number of hydrogen-bond donors (Lipinski definition) is 2. The molecule has 0 aliphatic carbocycles.